The topological polar surface area (TPSA) is 53.2 Å². The first-order valence-corrected chi connectivity index (χ1v) is 3.49. The standard InChI is InChI=1S/C9H9NO2/c1-12-6-8-4-7(5-10)2-3-9(8)11/h2-4,11H,6H2,1H3. The first-order chi connectivity index (χ1) is 5.77. The predicted octanol–water partition coefficient (Wildman–Crippen LogP) is 1.41. The summed E-state index contributed by atoms with van der Waals surface area (Å²) in [4.78, 5) is 0. The van der Waals surface area contributed by atoms with Crippen LogP contribution in [0.15, 0.2) is 18.2 Å². The van der Waals surface area contributed by atoms with Crippen LogP contribution in [-0.2, 0) is 11.3 Å². The summed E-state index contributed by atoms with van der Waals surface area (Å²) >= 11 is 0. The lowest BCUT2D eigenvalue weighted by Crippen LogP contribution is -1.89. The number of hydrogen-bond donors (Lipinski definition) is 1. The van der Waals surface area contributed by atoms with Crippen LogP contribution in [0.5, 0.6) is 5.75 Å². The molecule has 1 rings (SSSR count). The molecular formula is C9H9NO2. The maximum absolute atomic E-state index is 9.27. The van der Waals surface area contributed by atoms with Gasteiger partial charge in [-0.05, 0) is 18.2 Å². The van der Waals surface area contributed by atoms with E-state index >= 15 is 0 Å². The number of rotatable bonds is 2. The van der Waals surface area contributed by atoms with Crippen LogP contribution in [0.3, 0.4) is 0 Å². The Hall–Kier alpha value is -1.53. The van der Waals surface area contributed by atoms with Crippen molar-refractivity contribution in [3.8, 4) is 11.8 Å². The SMILES string of the molecule is COCc1cc(C#N)ccc1O. The van der Waals surface area contributed by atoms with Gasteiger partial charge in [0.25, 0.3) is 0 Å². The summed E-state index contributed by atoms with van der Waals surface area (Å²) in [5, 5.41) is 17.8. The number of ether oxygens (including phenoxy) is 1. The zero-order valence-corrected chi connectivity index (χ0v) is 6.74. The van der Waals surface area contributed by atoms with Crippen LogP contribution in [0, 0.1) is 11.3 Å². The van der Waals surface area contributed by atoms with E-state index in [1.54, 1.807) is 19.2 Å². The molecule has 0 aliphatic rings. The molecule has 3 heteroatoms. The van der Waals surface area contributed by atoms with Crippen molar-refractivity contribution in [2.45, 2.75) is 6.61 Å². The monoisotopic (exact) mass is 163 g/mol. The smallest absolute Gasteiger partial charge is 0.121 e. The second-order valence-electron chi connectivity index (χ2n) is 2.39. The Bertz CT molecular complexity index is 315. The van der Waals surface area contributed by atoms with E-state index in [9.17, 15) is 5.11 Å². The summed E-state index contributed by atoms with van der Waals surface area (Å²) in [5.74, 6) is 0.163. The van der Waals surface area contributed by atoms with Crippen LogP contribution in [0.4, 0.5) is 0 Å². The third-order valence-corrected chi connectivity index (χ3v) is 1.51. The molecule has 0 amide bonds. The summed E-state index contributed by atoms with van der Waals surface area (Å²) in [6, 6.07) is 6.65. The molecule has 3 nitrogen and oxygen atoms in total. The maximum atomic E-state index is 9.27. The van der Waals surface area contributed by atoms with E-state index in [4.69, 9.17) is 10.00 Å². The number of hydrogen-bond acceptors (Lipinski definition) is 3. The zero-order chi connectivity index (χ0) is 8.97. The van der Waals surface area contributed by atoms with Gasteiger partial charge in [-0.1, -0.05) is 0 Å². The molecule has 1 aromatic carbocycles. The van der Waals surface area contributed by atoms with Crippen molar-refractivity contribution in [2.24, 2.45) is 0 Å². The van der Waals surface area contributed by atoms with Crippen LogP contribution in [-0.4, -0.2) is 12.2 Å². The highest BCUT2D eigenvalue weighted by Gasteiger charge is 2.01. The highest BCUT2D eigenvalue weighted by molar-refractivity contribution is 5.40. The Balaban J connectivity index is 3.01. The largest absolute Gasteiger partial charge is 0.508 e. The third-order valence-electron chi connectivity index (χ3n) is 1.51. The number of phenols is 1. The molecular weight excluding hydrogens is 154 g/mol. The minimum Gasteiger partial charge on any atom is -0.508 e. The predicted molar refractivity (Wildman–Crippen MR) is 43.5 cm³/mol. The van der Waals surface area contributed by atoms with Crippen molar-refractivity contribution in [2.75, 3.05) is 7.11 Å². The number of phenolic OH excluding ortho intramolecular Hbond substituents is 1. The van der Waals surface area contributed by atoms with Gasteiger partial charge in [-0.3, -0.25) is 0 Å². The van der Waals surface area contributed by atoms with Crippen LogP contribution in [0.2, 0.25) is 0 Å². The molecule has 12 heavy (non-hydrogen) atoms. The van der Waals surface area contributed by atoms with Crippen LogP contribution >= 0.6 is 0 Å². The van der Waals surface area contributed by atoms with E-state index in [0.717, 1.165) is 0 Å². The second-order valence-corrected chi connectivity index (χ2v) is 2.39. The Morgan fingerprint density at radius 3 is 2.92 bits per heavy atom. The zero-order valence-electron chi connectivity index (χ0n) is 6.74. The van der Waals surface area contributed by atoms with Crippen molar-refractivity contribution < 1.29 is 9.84 Å². The van der Waals surface area contributed by atoms with Gasteiger partial charge in [0.1, 0.15) is 5.75 Å². The summed E-state index contributed by atoms with van der Waals surface area (Å²) in [5.41, 5.74) is 1.16. The van der Waals surface area contributed by atoms with Gasteiger partial charge >= 0.3 is 0 Å². The number of benzene rings is 1. The normalized spacial score (nSPS) is 9.33. The fourth-order valence-corrected chi connectivity index (χ4v) is 0.926. The molecule has 1 N–H and O–H groups in total. The molecule has 62 valence electrons. The minimum absolute atomic E-state index is 0.163. The van der Waals surface area contributed by atoms with E-state index in [2.05, 4.69) is 0 Å². The first kappa shape index (κ1) is 8.57. The molecule has 0 aliphatic heterocycles. The molecule has 0 bridgehead atoms. The van der Waals surface area contributed by atoms with Crippen molar-refractivity contribution in [3.05, 3.63) is 29.3 Å². The lowest BCUT2D eigenvalue weighted by atomic mass is 10.1. The van der Waals surface area contributed by atoms with Crippen LogP contribution < -0.4 is 0 Å². The molecule has 0 atom stereocenters. The van der Waals surface area contributed by atoms with Crippen molar-refractivity contribution in [1.82, 2.24) is 0 Å². The van der Waals surface area contributed by atoms with E-state index in [-0.39, 0.29) is 5.75 Å². The van der Waals surface area contributed by atoms with Gasteiger partial charge in [-0.15, -0.1) is 0 Å². The van der Waals surface area contributed by atoms with Crippen LogP contribution in [0.1, 0.15) is 11.1 Å². The van der Waals surface area contributed by atoms with E-state index < -0.39 is 0 Å². The fourth-order valence-electron chi connectivity index (χ4n) is 0.926. The molecule has 0 saturated heterocycles. The number of methoxy groups -OCH3 is 1. The summed E-state index contributed by atoms with van der Waals surface area (Å²) in [7, 11) is 1.54. The van der Waals surface area contributed by atoms with Gasteiger partial charge in [-0.25, -0.2) is 0 Å². The molecule has 0 aromatic heterocycles. The van der Waals surface area contributed by atoms with E-state index in [0.29, 0.717) is 17.7 Å². The lowest BCUT2D eigenvalue weighted by molar-refractivity contribution is 0.182. The molecule has 0 spiro atoms. The van der Waals surface area contributed by atoms with Gasteiger partial charge < -0.3 is 9.84 Å². The Labute approximate surface area is 70.8 Å². The highest BCUT2D eigenvalue weighted by Crippen LogP contribution is 2.18. The minimum atomic E-state index is 0.163. The molecule has 0 aliphatic carbocycles. The average Bonchev–Trinajstić information content (AvgIpc) is 2.09. The van der Waals surface area contributed by atoms with Crippen molar-refractivity contribution in [3.63, 3.8) is 0 Å². The molecule has 0 radical (unpaired) electrons. The molecule has 0 heterocycles. The summed E-state index contributed by atoms with van der Waals surface area (Å²) < 4.78 is 4.84. The highest BCUT2D eigenvalue weighted by atomic mass is 16.5. The number of nitrogens with zero attached hydrogens (tertiary/aromatic N) is 1. The summed E-state index contributed by atoms with van der Waals surface area (Å²) in [6.45, 7) is 0.321. The van der Waals surface area contributed by atoms with Gasteiger partial charge in [0.15, 0.2) is 0 Å². The fraction of sp³-hybridized carbons (Fsp3) is 0.222. The Morgan fingerprint density at radius 1 is 1.58 bits per heavy atom. The molecule has 0 fully saturated rings. The summed E-state index contributed by atoms with van der Waals surface area (Å²) in [6.07, 6.45) is 0. The Kier molecular flexibility index (Phi) is 2.67. The third kappa shape index (κ3) is 1.74. The van der Waals surface area contributed by atoms with Crippen LogP contribution in [0.25, 0.3) is 0 Å². The molecule has 1 aromatic rings. The van der Waals surface area contributed by atoms with E-state index in [1.807, 2.05) is 6.07 Å². The van der Waals surface area contributed by atoms with E-state index in [1.165, 1.54) is 6.07 Å². The van der Waals surface area contributed by atoms with Gasteiger partial charge in [0, 0.05) is 12.7 Å². The van der Waals surface area contributed by atoms with Gasteiger partial charge in [0.2, 0.25) is 0 Å². The average molecular weight is 163 g/mol. The maximum Gasteiger partial charge on any atom is 0.121 e. The Morgan fingerprint density at radius 2 is 2.33 bits per heavy atom. The molecule has 0 saturated carbocycles. The van der Waals surface area contributed by atoms with Gasteiger partial charge in [0.05, 0.1) is 18.2 Å². The second kappa shape index (κ2) is 3.74. The lowest BCUT2D eigenvalue weighted by Gasteiger charge is -2.02. The van der Waals surface area contributed by atoms with Crippen molar-refractivity contribution >= 4 is 0 Å². The quantitative estimate of drug-likeness (QED) is 0.717. The van der Waals surface area contributed by atoms with Gasteiger partial charge in [-0.2, -0.15) is 5.26 Å². The molecule has 0 unspecified atom stereocenters. The number of aromatic hydroxyl groups is 1. The van der Waals surface area contributed by atoms with Crippen molar-refractivity contribution in [1.29, 1.82) is 5.26 Å². The number of nitriles is 1. The first-order valence-electron chi connectivity index (χ1n) is 3.49.